The van der Waals surface area contributed by atoms with Crippen molar-refractivity contribution in [1.29, 1.82) is 0 Å². The molecule has 0 aliphatic carbocycles. The van der Waals surface area contributed by atoms with E-state index in [-0.39, 0.29) is 24.9 Å². The normalized spacial score (nSPS) is 12.2. The Balaban J connectivity index is 1.80. The summed E-state index contributed by atoms with van der Waals surface area (Å²) in [7, 11) is 1.58. The molecule has 0 saturated heterocycles. The van der Waals surface area contributed by atoms with Crippen molar-refractivity contribution in [2.24, 2.45) is 7.05 Å². The zero-order valence-electron chi connectivity index (χ0n) is 15.5. The molecule has 142 valence electrons. The highest BCUT2D eigenvalue weighted by Gasteiger charge is 2.16. The third-order valence-corrected chi connectivity index (χ3v) is 5.61. The van der Waals surface area contributed by atoms with Crippen LogP contribution in [0.2, 0.25) is 0 Å². The van der Waals surface area contributed by atoms with Gasteiger partial charge in [-0.25, -0.2) is 0 Å². The molecule has 1 unspecified atom stereocenters. The minimum atomic E-state index is -0.604. The van der Waals surface area contributed by atoms with Gasteiger partial charge >= 0.3 is 11.1 Å². The summed E-state index contributed by atoms with van der Waals surface area (Å²) in [5.74, 6) is -0.126. The quantitative estimate of drug-likeness (QED) is 0.636. The number of amides is 1. The van der Waals surface area contributed by atoms with Crippen LogP contribution in [-0.4, -0.2) is 15.0 Å². The van der Waals surface area contributed by atoms with Gasteiger partial charge in [-0.1, -0.05) is 31.5 Å². The number of thiophene rings is 1. The van der Waals surface area contributed by atoms with Crippen LogP contribution in [-0.2, 0) is 18.4 Å². The predicted octanol–water partition coefficient (Wildman–Crippen LogP) is 2.81. The molecule has 3 rings (SSSR count). The third kappa shape index (κ3) is 4.03. The van der Waals surface area contributed by atoms with E-state index < -0.39 is 11.1 Å². The van der Waals surface area contributed by atoms with E-state index in [2.05, 4.69) is 12.2 Å². The standard InChI is InChI=1S/C20H23N3O3S/c1-3-7-14(17-10-6-13-27-17)21-18(24)11-12-23-16-9-5-4-8-15(16)22(2)19(25)20(23)26/h4-6,8-10,13-14H,3,7,11-12H2,1-2H3,(H,21,24). The van der Waals surface area contributed by atoms with Crippen LogP contribution in [0.15, 0.2) is 51.4 Å². The number of aryl methyl sites for hydroxylation is 2. The zero-order chi connectivity index (χ0) is 19.4. The Hall–Kier alpha value is -2.67. The number of nitrogens with one attached hydrogen (secondary N) is 1. The monoisotopic (exact) mass is 385 g/mol. The summed E-state index contributed by atoms with van der Waals surface area (Å²) in [4.78, 5) is 38.2. The molecule has 0 radical (unpaired) electrons. The molecule has 0 spiro atoms. The largest absolute Gasteiger partial charge is 0.348 e. The molecule has 0 saturated carbocycles. The van der Waals surface area contributed by atoms with Gasteiger partial charge in [0.2, 0.25) is 5.91 Å². The zero-order valence-corrected chi connectivity index (χ0v) is 16.3. The molecule has 27 heavy (non-hydrogen) atoms. The minimum Gasteiger partial charge on any atom is -0.348 e. The molecular weight excluding hydrogens is 362 g/mol. The first-order valence-corrected chi connectivity index (χ1v) is 9.92. The van der Waals surface area contributed by atoms with Crippen LogP contribution in [0.1, 0.15) is 37.1 Å². The summed E-state index contributed by atoms with van der Waals surface area (Å²) in [6.07, 6.45) is 1.96. The molecular formula is C20H23N3O3S. The van der Waals surface area contributed by atoms with Gasteiger partial charge in [0.1, 0.15) is 0 Å². The topological polar surface area (TPSA) is 73.1 Å². The molecule has 0 fully saturated rings. The molecule has 0 aliphatic rings. The Kier molecular flexibility index (Phi) is 5.91. The van der Waals surface area contributed by atoms with E-state index in [1.807, 2.05) is 29.6 Å². The van der Waals surface area contributed by atoms with E-state index in [4.69, 9.17) is 0 Å². The van der Waals surface area contributed by atoms with Crippen LogP contribution in [0.4, 0.5) is 0 Å². The molecule has 1 N–H and O–H groups in total. The van der Waals surface area contributed by atoms with E-state index in [1.54, 1.807) is 30.5 Å². The van der Waals surface area contributed by atoms with Crippen LogP contribution in [0.5, 0.6) is 0 Å². The molecule has 2 aromatic heterocycles. The first-order chi connectivity index (χ1) is 13.0. The molecule has 0 bridgehead atoms. The Bertz CT molecular complexity index is 1050. The number of para-hydroxylation sites is 2. The highest BCUT2D eigenvalue weighted by Crippen LogP contribution is 2.23. The number of fused-ring (bicyclic) bond motifs is 1. The van der Waals surface area contributed by atoms with Gasteiger partial charge in [-0.3, -0.25) is 14.4 Å². The lowest BCUT2D eigenvalue weighted by Crippen LogP contribution is -2.41. The first-order valence-electron chi connectivity index (χ1n) is 9.04. The number of carbonyl (C=O) groups excluding carboxylic acids is 1. The lowest BCUT2D eigenvalue weighted by atomic mass is 10.1. The van der Waals surface area contributed by atoms with Gasteiger partial charge in [0.05, 0.1) is 17.1 Å². The second kappa shape index (κ2) is 8.35. The average molecular weight is 385 g/mol. The van der Waals surface area contributed by atoms with Crippen molar-refractivity contribution in [2.45, 2.75) is 38.8 Å². The summed E-state index contributed by atoms with van der Waals surface area (Å²) in [6, 6.07) is 11.2. The number of carbonyl (C=O) groups is 1. The predicted molar refractivity (Wildman–Crippen MR) is 108 cm³/mol. The van der Waals surface area contributed by atoms with Crippen LogP contribution >= 0.6 is 11.3 Å². The van der Waals surface area contributed by atoms with Gasteiger partial charge in [0.15, 0.2) is 0 Å². The Labute approximate surface area is 161 Å². The maximum Gasteiger partial charge on any atom is 0.316 e. The number of hydrogen-bond donors (Lipinski definition) is 1. The lowest BCUT2D eigenvalue weighted by molar-refractivity contribution is -0.122. The summed E-state index contributed by atoms with van der Waals surface area (Å²) >= 11 is 1.62. The van der Waals surface area contributed by atoms with Gasteiger partial charge in [0.25, 0.3) is 0 Å². The number of rotatable bonds is 7. The summed E-state index contributed by atoms with van der Waals surface area (Å²) < 4.78 is 2.75. The smallest absolute Gasteiger partial charge is 0.316 e. The number of aromatic nitrogens is 2. The summed E-state index contributed by atoms with van der Waals surface area (Å²) in [5, 5.41) is 5.05. The maximum atomic E-state index is 12.5. The van der Waals surface area contributed by atoms with Crippen molar-refractivity contribution < 1.29 is 4.79 Å². The molecule has 1 amide bonds. The molecule has 3 aromatic rings. The van der Waals surface area contributed by atoms with Crippen molar-refractivity contribution >= 4 is 28.3 Å². The molecule has 2 heterocycles. The lowest BCUT2D eigenvalue weighted by Gasteiger charge is -2.17. The van der Waals surface area contributed by atoms with Gasteiger partial charge in [-0.05, 0) is 30.0 Å². The number of hydrogen-bond acceptors (Lipinski definition) is 4. The summed E-state index contributed by atoms with van der Waals surface area (Å²) in [6.45, 7) is 2.25. The fourth-order valence-electron chi connectivity index (χ4n) is 3.22. The summed E-state index contributed by atoms with van der Waals surface area (Å²) in [5.41, 5.74) is 0.134. The van der Waals surface area contributed by atoms with E-state index >= 15 is 0 Å². The minimum absolute atomic E-state index is 0.0143. The SMILES string of the molecule is CCCC(NC(=O)CCn1c(=O)c(=O)n(C)c2ccccc21)c1cccs1. The average Bonchev–Trinajstić information content (AvgIpc) is 3.20. The molecule has 0 aliphatic heterocycles. The third-order valence-electron chi connectivity index (χ3n) is 4.63. The van der Waals surface area contributed by atoms with Crippen LogP contribution < -0.4 is 16.4 Å². The molecule has 1 aromatic carbocycles. The van der Waals surface area contributed by atoms with Gasteiger partial charge in [-0.2, -0.15) is 0 Å². The van der Waals surface area contributed by atoms with Crippen molar-refractivity contribution in [3.8, 4) is 0 Å². The Morgan fingerprint density at radius 2 is 1.85 bits per heavy atom. The van der Waals surface area contributed by atoms with Crippen molar-refractivity contribution in [3.05, 3.63) is 67.4 Å². The van der Waals surface area contributed by atoms with Crippen LogP contribution in [0, 0.1) is 0 Å². The fraction of sp³-hybridized carbons (Fsp3) is 0.350. The highest BCUT2D eigenvalue weighted by molar-refractivity contribution is 7.10. The van der Waals surface area contributed by atoms with E-state index in [0.29, 0.717) is 11.0 Å². The van der Waals surface area contributed by atoms with E-state index in [1.165, 1.54) is 9.13 Å². The second-order valence-corrected chi connectivity index (χ2v) is 7.46. The molecule has 6 nitrogen and oxygen atoms in total. The van der Waals surface area contributed by atoms with E-state index in [9.17, 15) is 14.4 Å². The second-order valence-electron chi connectivity index (χ2n) is 6.48. The number of nitrogens with zero attached hydrogens (tertiary/aromatic N) is 2. The van der Waals surface area contributed by atoms with Crippen molar-refractivity contribution in [2.75, 3.05) is 0 Å². The van der Waals surface area contributed by atoms with Crippen LogP contribution in [0.3, 0.4) is 0 Å². The van der Waals surface area contributed by atoms with Gasteiger partial charge in [0, 0.05) is 24.9 Å². The Morgan fingerprint density at radius 1 is 1.11 bits per heavy atom. The molecule has 1 atom stereocenters. The van der Waals surface area contributed by atoms with Gasteiger partial charge in [-0.15, -0.1) is 11.3 Å². The van der Waals surface area contributed by atoms with E-state index in [0.717, 1.165) is 17.7 Å². The first kappa shape index (κ1) is 19.1. The van der Waals surface area contributed by atoms with Crippen molar-refractivity contribution in [3.63, 3.8) is 0 Å². The fourth-order valence-corrected chi connectivity index (χ4v) is 4.03. The molecule has 7 heteroatoms. The number of benzene rings is 1. The van der Waals surface area contributed by atoms with Crippen molar-refractivity contribution in [1.82, 2.24) is 14.5 Å². The van der Waals surface area contributed by atoms with Crippen LogP contribution in [0.25, 0.3) is 11.0 Å². The van der Waals surface area contributed by atoms with Gasteiger partial charge < -0.3 is 14.5 Å². The Morgan fingerprint density at radius 3 is 2.52 bits per heavy atom. The highest BCUT2D eigenvalue weighted by atomic mass is 32.1. The maximum absolute atomic E-state index is 12.5.